The summed E-state index contributed by atoms with van der Waals surface area (Å²) in [5, 5.41) is 57.2. The summed E-state index contributed by atoms with van der Waals surface area (Å²) in [7, 11) is 0. The van der Waals surface area contributed by atoms with Gasteiger partial charge in [0.2, 0.25) is 0 Å². The lowest BCUT2D eigenvalue weighted by Crippen LogP contribution is -2.35. The standard InChI is InChI=1S/2C18H31NO4.2C4H4O4/c2*1-14(2)19-11-17(20)13-23-18-7-5-16(6-8-18)12-21-9-10-22-15(3)4;2*5-3(6)1-2-4(7)8/h2*5-8,14-15,17,19-20H,9-13H2,1-4H3;2*1-2H,(H,5,6)(H,7,8)/b;;2*2-1+. The average Bonchev–Trinajstić information content (AvgIpc) is 3.20. The Balaban J connectivity index is 0. The number of carboxylic acid groups (broad SMARTS) is 4. The number of hydrogen-bond donors (Lipinski definition) is 8. The Morgan fingerprint density at radius 2 is 0.790 bits per heavy atom. The maximum absolute atomic E-state index is 9.80. The van der Waals surface area contributed by atoms with Gasteiger partial charge in [-0.2, -0.15) is 0 Å². The molecule has 0 heterocycles. The van der Waals surface area contributed by atoms with Crippen LogP contribution in [0.5, 0.6) is 11.5 Å². The highest BCUT2D eigenvalue weighted by atomic mass is 16.5. The Kier molecular flexibility index (Phi) is 36.1. The summed E-state index contributed by atoms with van der Waals surface area (Å²) in [5.41, 5.74) is 2.17. The van der Waals surface area contributed by atoms with Crippen molar-refractivity contribution in [2.45, 2.75) is 105 Å². The number of aliphatic carboxylic acids is 4. The van der Waals surface area contributed by atoms with Crippen molar-refractivity contribution in [3.05, 3.63) is 84.0 Å². The molecular weight excluding hydrogens is 812 g/mol. The van der Waals surface area contributed by atoms with Crippen molar-refractivity contribution in [1.82, 2.24) is 10.6 Å². The van der Waals surface area contributed by atoms with Crippen LogP contribution in [0.2, 0.25) is 0 Å². The molecule has 0 aliphatic heterocycles. The van der Waals surface area contributed by atoms with Crippen molar-refractivity contribution in [2.24, 2.45) is 0 Å². The summed E-state index contributed by atoms with van der Waals surface area (Å²) < 4.78 is 33.1. The van der Waals surface area contributed by atoms with Crippen molar-refractivity contribution in [3.63, 3.8) is 0 Å². The molecule has 0 aliphatic carbocycles. The Morgan fingerprint density at radius 1 is 0.500 bits per heavy atom. The van der Waals surface area contributed by atoms with E-state index in [1.165, 1.54) is 0 Å². The van der Waals surface area contributed by atoms with Crippen molar-refractivity contribution in [3.8, 4) is 11.5 Å². The van der Waals surface area contributed by atoms with Crippen LogP contribution >= 0.6 is 0 Å². The lowest BCUT2D eigenvalue weighted by molar-refractivity contribution is -0.134. The molecule has 2 aromatic carbocycles. The molecule has 0 fully saturated rings. The Labute approximate surface area is 365 Å². The normalized spacial score (nSPS) is 12.0. The lowest BCUT2D eigenvalue weighted by atomic mass is 10.2. The fourth-order valence-corrected chi connectivity index (χ4v) is 3.96. The second kappa shape index (κ2) is 37.8. The number of carboxylic acids is 4. The predicted molar refractivity (Wildman–Crippen MR) is 232 cm³/mol. The first-order chi connectivity index (χ1) is 29.2. The van der Waals surface area contributed by atoms with E-state index in [1.807, 2.05) is 104 Å². The predicted octanol–water partition coefficient (Wildman–Crippen LogP) is 4.16. The lowest BCUT2D eigenvalue weighted by Gasteiger charge is -2.15. The zero-order valence-corrected chi connectivity index (χ0v) is 37.2. The number of benzene rings is 2. The number of nitrogens with one attached hydrogen (secondary N) is 2. The summed E-state index contributed by atoms with van der Waals surface area (Å²) in [4.78, 5) is 38.2. The van der Waals surface area contributed by atoms with Crippen LogP contribution in [-0.2, 0) is 51.3 Å². The van der Waals surface area contributed by atoms with E-state index < -0.39 is 36.1 Å². The summed E-state index contributed by atoms with van der Waals surface area (Å²) in [6, 6.07) is 16.2. The van der Waals surface area contributed by atoms with Gasteiger partial charge in [0.15, 0.2) is 0 Å². The van der Waals surface area contributed by atoms with Crippen LogP contribution in [-0.4, -0.2) is 144 Å². The molecule has 18 nitrogen and oxygen atoms in total. The van der Waals surface area contributed by atoms with E-state index in [9.17, 15) is 29.4 Å². The van der Waals surface area contributed by atoms with Gasteiger partial charge in [-0.15, -0.1) is 0 Å². The van der Waals surface area contributed by atoms with Gasteiger partial charge < -0.3 is 69.7 Å². The van der Waals surface area contributed by atoms with Crippen LogP contribution in [0.4, 0.5) is 0 Å². The van der Waals surface area contributed by atoms with Crippen molar-refractivity contribution in [1.29, 1.82) is 0 Å². The number of rotatable bonds is 28. The molecule has 0 radical (unpaired) electrons. The molecule has 0 aromatic heterocycles. The maximum atomic E-state index is 9.80. The van der Waals surface area contributed by atoms with Gasteiger partial charge in [0.05, 0.1) is 51.8 Å². The molecule has 8 N–H and O–H groups in total. The van der Waals surface area contributed by atoms with Gasteiger partial charge in [-0.3, -0.25) is 0 Å². The first-order valence-corrected chi connectivity index (χ1v) is 20.1. The topological polar surface area (TPSA) is 269 Å². The van der Waals surface area contributed by atoms with Gasteiger partial charge in [-0.25, -0.2) is 19.2 Å². The maximum Gasteiger partial charge on any atom is 0.328 e. The average molecular weight is 883 g/mol. The van der Waals surface area contributed by atoms with Crippen LogP contribution in [0.1, 0.15) is 66.5 Å². The first kappa shape index (κ1) is 59.2. The number of hydrogen-bond acceptors (Lipinski definition) is 14. The quantitative estimate of drug-likeness (QED) is 0.0440. The molecule has 0 saturated heterocycles. The number of ether oxygens (including phenoxy) is 6. The smallest absolute Gasteiger partial charge is 0.328 e. The second-order valence-electron chi connectivity index (χ2n) is 14.3. The van der Waals surface area contributed by atoms with Gasteiger partial charge in [0.1, 0.15) is 36.9 Å². The van der Waals surface area contributed by atoms with Crippen LogP contribution in [0.15, 0.2) is 72.8 Å². The zero-order chi connectivity index (χ0) is 47.3. The largest absolute Gasteiger partial charge is 0.491 e. The summed E-state index contributed by atoms with van der Waals surface area (Å²) >= 11 is 0. The highest BCUT2D eigenvalue weighted by Gasteiger charge is 2.08. The third kappa shape index (κ3) is 43.2. The number of aliphatic hydroxyl groups excluding tert-OH is 2. The van der Waals surface area contributed by atoms with Crippen molar-refractivity contribution in [2.75, 3.05) is 52.7 Å². The monoisotopic (exact) mass is 882 g/mol. The number of aliphatic hydroxyl groups is 2. The summed E-state index contributed by atoms with van der Waals surface area (Å²) in [5.74, 6) is -3.53. The van der Waals surface area contributed by atoms with Gasteiger partial charge in [-0.1, -0.05) is 52.0 Å². The molecule has 2 rings (SSSR count). The Morgan fingerprint density at radius 3 is 1.03 bits per heavy atom. The van der Waals surface area contributed by atoms with Crippen LogP contribution in [0.3, 0.4) is 0 Å². The minimum atomic E-state index is -1.26. The third-order valence-electron chi connectivity index (χ3n) is 6.89. The van der Waals surface area contributed by atoms with Crippen molar-refractivity contribution >= 4 is 23.9 Å². The highest BCUT2D eigenvalue weighted by molar-refractivity contribution is 5.90. The fraction of sp³-hybridized carbons (Fsp3) is 0.545. The fourth-order valence-electron chi connectivity index (χ4n) is 3.96. The molecule has 2 aromatic rings. The summed E-state index contributed by atoms with van der Waals surface area (Å²) in [6.45, 7) is 21.4. The van der Waals surface area contributed by atoms with Crippen LogP contribution in [0.25, 0.3) is 0 Å². The van der Waals surface area contributed by atoms with Crippen molar-refractivity contribution < 1.29 is 78.2 Å². The highest BCUT2D eigenvalue weighted by Crippen LogP contribution is 2.14. The Bertz CT molecular complexity index is 1370. The molecule has 2 unspecified atom stereocenters. The number of carbonyl (C=O) groups is 4. The molecule has 2 atom stereocenters. The Hall–Kier alpha value is -4.92. The van der Waals surface area contributed by atoms with Crippen LogP contribution in [0, 0.1) is 0 Å². The van der Waals surface area contributed by atoms with Gasteiger partial charge in [0, 0.05) is 49.5 Å². The minimum absolute atomic E-state index is 0.237. The SMILES string of the molecule is CC(C)NCC(O)COc1ccc(COCCOC(C)C)cc1.CC(C)NCC(O)COc1ccc(COCCOC(C)C)cc1.O=C(O)/C=C/C(=O)O.O=C(O)/C=C/C(=O)O. The molecule has 0 spiro atoms. The molecule has 62 heavy (non-hydrogen) atoms. The minimum Gasteiger partial charge on any atom is -0.491 e. The van der Waals surface area contributed by atoms with E-state index in [-0.39, 0.29) is 25.4 Å². The van der Waals surface area contributed by atoms with E-state index >= 15 is 0 Å². The first-order valence-electron chi connectivity index (χ1n) is 20.1. The van der Waals surface area contributed by atoms with E-state index in [0.29, 0.717) is 89.1 Å². The summed E-state index contributed by atoms with van der Waals surface area (Å²) in [6.07, 6.45) is 1.68. The third-order valence-corrected chi connectivity index (χ3v) is 6.89. The van der Waals surface area contributed by atoms with E-state index in [1.54, 1.807) is 0 Å². The molecule has 18 heteroatoms. The van der Waals surface area contributed by atoms with E-state index in [4.69, 9.17) is 48.8 Å². The molecule has 0 bridgehead atoms. The van der Waals surface area contributed by atoms with Gasteiger partial charge >= 0.3 is 23.9 Å². The molecule has 352 valence electrons. The zero-order valence-electron chi connectivity index (χ0n) is 37.2. The van der Waals surface area contributed by atoms with Gasteiger partial charge in [0.25, 0.3) is 0 Å². The van der Waals surface area contributed by atoms with Gasteiger partial charge in [-0.05, 0) is 63.1 Å². The van der Waals surface area contributed by atoms with E-state index in [0.717, 1.165) is 22.6 Å². The van der Waals surface area contributed by atoms with E-state index in [2.05, 4.69) is 10.6 Å². The molecular formula is C44H70N2O16. The molecule has 0 saturated carbocycles. The van der Waals surface area contributed by atoms with Crippen LogP contribution < -0.4 is 20.1 Å². The molecule has 0 aliphatic rings. The second-order valence-corrected chi connectivity index (χ2v) is 14.3. The molecule has 0 amide bonds.